The van der Waals surface area contributed by atoms with Crippen molar-refractivity contribution < 1.29 is 0 Å². The summed E-state index contributed by atoms with van der Waals surface area (Å²) in [5.74, 6) is 1.48. The summed E-state index contributed by atoms with van der Waals surface area (Å²) in [6.07, 6.45) is 2.78. The zero-order valence-corrected chi connectivity index (χ0v) is 14.3. The third-order valence-electron chi connectivity index (χ3n) is 5.43. The lowest BCUT2D eigenvalue weighted by atomic mass is 9.93. The van der Waals surface area contributed by atoms with Gasteiger partial charge >= 0.3 is 0 Å². The molecule has 1 aromatic carbocycles. The molecule has 1 aromatic rings. The van der Waals surface area contributed by atoms with Gasteiger partial charge in [0, 0.05) is 30.9 Å². The molecule has 0 spiro atoms. The quantitative estimate of drug-likeness (QED) is 0.821. The number of hydrogen-bond donors (Lipinski definition) is 0. The standard InChI is InChI=1S/C19H30N2/c1-13(2)18-9-8-17(10-19(18)16-6-7-16)21-11-14(3)20(5)15(4)12-21/h8-10,13-16H,6-7,11-12H2,1-5H3/t14-,15+. The number of anilines is 1. The van der Waals surface area contributed by atoms with Crippen LogP contribution >= 0.6 is 0 Å². The van der Waals surface area contributed by atoms with Gasteiger partial charge in [-0.1, -0.05) is 19.9 Å². The lowest BCUT2D eigenvalue weighted by molar-refractivity contribution is 0.170. The van der Waals surface area contributed by atoms with Crippen molar-refractivity contribution in [3.8, 4) is 0 Å². The fourth-order valence-corrected chi connectivity index (χ4v) is 3.65. The van der Waals surface area contributed by atoms with E-state index in [1.807, 2.05) is 0 Å². The summed E-state index contributed by atoms with van der Waals surface area (Å²) >= 11 is 0. The van der Waals surface area contributed by atoms with Crippen molar-refractivity contribution in [2.75, 3.05) is 25.0 Å². The molecular formula is C19H30N2. The van der Waals surface area contributed by atoms with Crippen LogP contribution < -0.4 is 4.90 Å². The third kappa shape index (κ3) is 2.96. The average Bonchev–Trinajstić information content (AvgIpc) is 3.28. The first-order valence-electron chi connectivity index (χ1n) is 8.58. The van der Waals surface area contributed by atoms with Crippen LogP contribution in [0, 0.1) is 0 Å². The number of rotatable bonds is 3. The van der Waals surface area contributed by atoms with Gasteiger partial charge in [-0.2, -0.15) is 0 Å². The van der Waals surface area contributed by atoms with Gasteiger partial charge in [0.15, 0.2) is 0 Å². The van der Waals surface area contributed by atoms with Gasteiger partial charge in [0.05, 0.1) is 0 Å². The molecule has 21 heavy (non-hydrogen) atoms. The molecule has 1 aliphatic carbocycles. The largest absolute Gasteiger partial charge is 0.368 e. The molecule has 0 aromatic heterocycles. The van der Waals surface area contributed by atoms with Crippen molar-refractivity contribution in [3.05, 3.63) is 29.3 Å². The van der Waals surface area contributed by atoms with Crippen molar-refractivity contribution >= 4 is 5.69 Å². The van der Waals surface area contributed by atoms with Crippen LogP contribution in [0.2, 0.25) is 0 Å². The van der Waals surface area contributed by atoms with E-state index in [4.69, 9.17) is 0 Å². The maximum absolute atomic E-state index is 2.59. The van der Waals surface area contributed by atoms with Crippen molar-refractivity contribution in [2.45, 2.75) is 64.5 Å². The van der Waals surface area contributed by atoms with Crippen LogP contribution in [0.25, 0.3) is 0 Å². The predicted molar refractivity (Wildman–Crippen MR) is 91.4 cm³/mol. The Bertz CT molecular complexity index is 492. The van der Waals surface area contributed by atoms with Crippen LogP contribution in [0.1, 0.15) is 63.5 Å². The number of benzene rings is 1. The Labute approximate surface area is 130 Å². The van der Waals surface area contributed by atoms with E-state index in [2.05, 4.69) is 62.7 Å². The minimum atomic E-state index is 0.628. The summed E-state index contributed by atoms with van der Waals surface area (Å²) in [6.45, 7) is 11.6. The first-order chi connectivity index (χ1) is 9.97. The molecule has 1 saturated carbocycles. The van der Waals surface area contributed by atoms with Crippen LogP contribution in [0.5, 0.6) is 0 Å². The Morgan fingerprint density at radius 2 is 1.67 bits per heavy atom. The molecule has 1 heterocycles. The lowest BCUT2D eigenvalue weighted by Crippen LogP contribution is -2.55. The highest BCUT2D eigenvalue weighted by Gasteiger charge is 2.30. The Kier molecular flexibility index (Phi) is 4.00. The molecule has 1 saturated heterocycles. The lowest BCUT2D eigenvalue weighted by Gasteiger charge is -2.43. The molecule has 3 rings (SSSR count). The smallest absolute Gasteiger partial charge is 0.0370 e. The molecule has 2 fully saturated rings. The fraction of sp³-hybridized carbons (Fsp3) is 0.684. The van der Waals surface area contributed by atoms with Gasteiger partial charge in [0.1, 0.15) is 0 Å². The average molecular weight is 286 g/mol. The normalized spacial score (nSPS) is 27.4. The summed E-state index contributed by atoms with van der Waals surface area (Å²) in [4.78, 5) is 5.09. The molecule has 0 bridgehead atoms. The van der Waals surface area contributed by atoms with Gasteiger partial charge in [0.2, 0.25) is 0 Å². The highest BCUT2D eigenvalue weighted by atomic mass is 15.3. The summed E-state index contributed by atoms with van der Waals surface area (Å²) in [7, 11) is 2.25. The minimum absolute atomic E-state index is 0.628. The van der Waals surface area contributed by atoms with E-state index in [9.17, 15) is 0 Å². The van der Waals surface area contributed by atoms with E-state index in [1.165, 1.54) is 18.5 Å². The number of hydrogen-bond acceptors (Lipinski definition) is 2. The van der Waals surface area contributed by atoms with E-state index in [1.54, 1.807) is 11.1 Å². The molecule has 1 aliphatic heterocycles. The molecule has 2 atom stereocenters. The summed E-state index contributed by atoms with van der Waals surface area (Å²) in [6, 6.07) is 8.50. The zero-order chi connectivity index (χ0) is 15.1. The number of piperazine rings is 1. The van der Waals surface area contributed by atoms with Gasteiger partial charge in [-0.3, -0.25) is 4.90 Å². The maximum Gasteiger partial charge on any atom is 0.0370 e. The van der Waals surface area contributed by atoms with Crippen molar-refractivity contribution in [2.24, 2.45) is 0 Å². The van der Waals surface area contributed by atoms with E-state index in [-0.39, 0.29) is 0 Å². The third-order valence-corrected chi connectivity index (χ3v) is 5.43. The molecule has 0 radical (unpaired) electrons. The molecule has 0 N–H and O–H groups in total. The van der Waals surface area contributed by atoms with Crippen LogP contribution in [-0.4, -0.2) is 37.1 Å². The maximum atomic E-state index is 2.59. The first-order valence-corrected chi connectivity index (χ1v) is 8.58. The van der Waals surface area contributed by atoms with Crippen LogP contribution in [0.4, 0.5) is 5.69 Å². The van der Waals surface area contributed by atoms with E-state index in [0.717, 1.165) is 19.0 Å². The van der Waals surface area contributed by atoms with Gasteiger partial charge in [0.25, 0.3) is 0 Å². The SMILES string of the molecule is CC(C)c1ccc(N2C[C@@H](C)N(C)[C@@H](C)C2)cc1C1CC1. The van der Waals surface area contributed by atoms with Crippen LogP contribution in [0.3, 0.4) is 0 Å². The molecule has 2 heteroatoms. The number of likely N-dealkylation sites (N-methyl/N-ethyl adjacent to an activating group) is 1. The Hall–Kier alpha value is -1.02. The monoisotopic (exact) mass is 286 g/mol. The topological polar surface area (TPSA) is 6.48 Å². The predicted octanol–water partition coefficient (Wildman–Crippen LogP) is 4.22. The second kappa shape index (κ2) is 5.64. The zero-order valence-electron chi connectivity index (χ0n) is 14.3. The van der Waals surface area contributed by atoms with E-state index < -0.39 is 0 Å². The molecular weight excluding hydrogens is 256 g/mol. The van der Waals surface area contributed by atoms with Crippen molar-refractivity contribution in [1.29, 1.82) is 0 Å². The highest BCUT2D eigenvalue weighted by Crippen LogP contribution is 2.44. The Balaban J connectivity index is 1.87. The summed E-state index contributed by atoms with van der Waals surface area (Å²) in [5, 5.41) is 0. The van der Waals surface area contributed by atoms with Crippen LogP contribution in [0.15, 0.2) is 18.2 Å². The van der Waals surface area contributed by atoms with Gasteiger partial charge in [-0.05, 0) is 68.8 Å². The van der Waals surface area contributed by atoms with E-state index >= 15 is 0 Å². The van der Waals surface area contributed by atoms with Crippen LogP contribution in [-0.2, 0) is 0 Å². The molecule has 0 amide bonds. The first kappa shape index (κ1) is 14.9. The molecule has 2 nitrogen and oxygen atoms in total. The van der Waals surface area contributed by atoms with Gasteiger partial charge < -0.3 is 4.90 Å². The minimum Gasteiger partial charge on any atom is -0.368 e. The van der Waals surface area contributed by atoms with Gasteiger partial charge in [-0.25, -0.2) is 0 Å². The van der Waals surface area contributed by atoms with Crippen molar-refractivity contribution in [1.82, 2.24) is 4.90 Å². The summed E-state index contributed by atoms with van der Waals surface area (Å²) in [5.41, 5.74) is 4.63. The van der Waals surface area contributed by atoms with Crippen molar-refractivity contribution in [3.63, 3.8) is 0 Å². The second-order valence-corrected chi connectivity index (χ2v) is 7.51. The molecule has 0 unspecified atom stereocenters. The molecule has 116 valence electrons. The Morgan fingerprint density at radius 3 is 2.19 bits per heavy atom. The molecule has 2 aliphatic rings. The van der Waals surface area contributed by atoms with Gasteiger partial charge in [-0.15, -0.1) is 0 Å². The Morgan fingerprint density at radius 1 is 1.05 bits per heavy atom. The summed E-state index contributed by atoms with van der Waals surface area (Å²) < 4.78 is 0. The fourth-order valence-electron chi connectivity index (χ4n) is 3.65. The number of nitrogens with zero attached hydrogens (tertiary/aromatic N) is 2. The highest BCUT2D eigenvalue weighted by molar-refractivity contribution is 5.54. The van der Waals surface area contributed by atoms with E-state index in [0.29, 0.717) is 18.0 Å². The second-order valence-electron chi connectivity index (χ2n) is 7.51.